The van der Waals surface area contributed by atoms with Crippen LogP contribution in [-0.2, 0) is 6.61 Å². The first-order chi connectivity index (χ1) is 13.9. The zero-order chi connectivity index (χ0) is 21.2. The minimum atomic E-state index is -0.978. The third-order valence-electron chi connectivity index (χ3n) is 3.61. The minimum absolute atomic E-state index is 0.200. The maximum absolute atomic E-state index is 11.1. The Kier molecular flexibility index (Phi) is 8.88. The Balaban J connectivity index is 2.17. The van der Waals surface area contributed by atoms with Crippen LogP contribution in [0.1, 0.15) is 35.3 Å². The zero-order valence-corrected chi connectivity index (χ0v) is 18.5. The molecule has 0 fully saturated rings. The normalized spacial score (nSPS) is 10.6. The summed E-state index contributed by atoms with van der Waals surface area (Å²) in [6.45, 7) is 5.19. The summed E-state index contributed by atoms with van der Waals surface area (Å²) in [6.07, 6.45) is 1.62. The summed E-state index contributed by atoms with van der Waals surface area (Å²) in [5.74, 6) is 0.0988. The van der Waals surface area contributed by atoms with Crippen molar-refractivity contribution in [2.24, 2.45) is 5.10 Å². The van der Waals surface area contributed by atoms with Crippen molar-refractivity contribution >= 4 is 45.4 Å². The SMILES string of the molecule is CCNC(=S)N/N=C\c1cc(Br)c(OCc2cccc(C(=O)O)c2)c(OCC)c1. The second-order valence-electron chi connectivity index (χ2n) is 5.79. The van der Waals surface area contributed by atoms with Gasteiger partial charge in [-0.2, -0.15) is 5.10 Å². The van der Waals surface area contributed by atoms with Crippen molar-refractivity contribution in [3.63, 3.8) is 0 Å². The molecule has 0 saturated carbocycles. The van der Waals surface area contributed by atoms with Crippen LogP contribution in [0.4, 0.5) is 0 Å². The van der Waals surface area contributed by atoms with Gasteiger partial charge >= 0.3 is 5.97 Å². The highest BCUT2D eigenvalue weighted by Crippen LogP contribution is 2.37. The second kappa shape index (κ2) is 11.4. The van der Waals surface area contributed by atoms with E-state index in [1.54, 1.807) is 30.5 Å². The van der Waals surface area contributed by atoms with E-state index in [4.69, 9.17) is 26.8 Å². The van der Waals surface area contributed by atoms with Crippen LogP contribution in [0.25, 0.3) is 0 Å². The topological polar surface area (TPSA) is 92.2 Å². The molecule has 0 atom stereocenters. The van der Waals surface area contributed by atoms with Crippen molar-refractivity contribution < 1.29 is 19.4 Å². The van der Waals surface area contributed by atoms with Crippen LogP contribution in [0.3, 0.4) is 0 Å². The first-order valence-electron chi connectivity index (χ1n) is 8.92. The molecule has 2 aromatic rings. The molecule has 0 amide bonds. The van der Waals surface area contributed by atoms with E-state index in [1.165, 1.54) is 6.07 Å². The Morgan fingerprint density at radius 3 is 2.76 bits per heavy atom. The molecule has 0 radical (unpaired) electrons. The van der Waals surface area contributed by atoms with Gasteiger partial charge < -0.3 is 19.9 Å². The molecule has 0 aromatic heterocycles. The van der Waals surface area contributed by atoms with Crippen LogP contribution >= 0.6 is 28.1 Å². The van der Waals surface area contributed by atoms with Gasteiger partial charge in [-0.05, 0) is 77.4 Å². The van der Waals surface area contributed by atoms with Gasteiger partial charge in [-0.25, -0.2) is 4.79 Å². The summed E-state index contributed by atoms with van der Waals surface area (Å²) >= 11 is 8.57. The van der Waals surface area contributed by atoms with Gasteiger partial charge in [-0.15, -0.1) is 0 Å². The van der Waals surface area contributed by atoms with Gasteiger partial charge in [0.25, 0.3) is 0 Å². The fourth-order valence-electron chi connectivity index (χ4n) is 2.38. The fraction of sp³-hybridized carbons (Fsp3) is 0.250. The first kappa shape index (κ1) is 22.6. The molecule has 0 aliphatic heterocycles. The number of halogens is 1. The van der Waals surface area contributed by atoms with E-state index in [-0.39, 0.29) is 12.2 Å². The predicted octanol–water partition coefficient (Wildman–Crippen LogP) is 3.94. The summed E-state index contributed by atoms with van der Waals surface area (Å²) in [5.41, 5.74) is 4.47. The number of hydrogen-bond donors (Lipinski definition) is 3. The van der Waals surface area contributed by atoms with Crippen LogP contribution in [0.2, 0.25) is 0 Å². The fourth-order valence-corrected chi connectivity index (χ4v) is 3.15. The minimum Gasteiger partial charge on any atom is -0.490 e. The summed E-state index contributed by atoms with van der Waals surface area (Å²) in [6, 6.07) is 10.3. The molecule has 9 heteroatoms. The van der Waals surface area contributed by atoms with Crippen molar-refractivity contribution in [1.29, 1.82) is 0 Å². The number of carboxylic acids is 1. The average Bonchev–Trinajstić information content (AvgIpc) is 2.68. The van der Waals surface area contributed by atoms with Crippen molar-refractivity contribution in [2.75, 3.05) is 13.2 Å². The van der Waals surface area contributed by atoms with Gasteiger partial charge in [0.05, 0.1) is 22.9 Å². The highest BCUT2D eigenvalue weighted by molar-refractivity contribution is 9.10. The molecule has 0 saturated heterocycles. The Morgan fingerprint density at radius 2 is 2.07 bits per heavy atom. The lowest BCUT2D eigenvalue weighted by atomic mass is 10.1. The van der Waals surface area contributed by atoms with Gasteiger partial charge in [-0.1, -0.05) is 12.1 Å². The number of nitrogens with one attached hydrogen (secondary N) is 2. The summed E-state index contributed by atoms with van der Waals surface area (Å²) in [7, 11) is 0. The number of hydrogen-bond acceptors (Lipinski definition) is 5. The summed E-state index contributed by atoms with van der Waals surface area (Å²) < 4.78 is 12.3. The molecular formula is C20H22BrN3O4S. The summed E-state index contributed by atoms with van der Waals surface area (Å²) in [4.78, 5) is 11.1. The van der Waals surface area contributed by atoms with Gasteiger partial charge in [0, 0.05) is 6.54 Å². The molecule has 0 bridgehead atoms. The van der Waals surface area contributed by atoms with Gasteiger partial charge in [0.2, 0.25) is 0 Å². The monoisotopic (exact) mass is 479 g/mol. The number of rotatable bonds is 9. The number of carbonyl (C=O) groups is 1. The molecule has 154 valence electrons. The van der Waals surface area contributed by atoms with Crippen LogP contribution in [0.15, 0.2) is 46.0 Å². The zero-order valence-electron chi connectivity index (χ0n) is 16.1. The number of nitrogens with zero attached hydrogens (tertiary/aromatic N) is 1. The Bertz CT molecular complexity index is 905. The molecular weight excluding hydrogens is 458 g/mol. The maximum Gasteiger partial charge on any atom is 0.335 e. The van der Waals surface area contributed by atoms with Crippen molar-refractivity contribution in [3.05, 3.63) is 57.6 Å². The van der Waals surface area contributed by atoms with Crippen molar-refractivity contribution in [3.8, 4) is 11.5 Å². The van der Waals surface area contributed by atoms with Crippen LogP contribution in [0, 0.1) is 0 Å². The number of ether oxygens (including phenoxy) is 2. The molecule has 2 aromatic carbocycles. The molecule has 29 heavy (non-hydrogen) atoms. The second-order valence-corrected chi connectivity index (χ2v) is 7.05. The van der Waals surface area contributed by atoms with Crippen LogP contribution < -0.4 is 20.2 Å². The van der Waals surface area contributed by atoms with Gasteiger partial charge in [-0.3, -0.25) is 5.43 Å². The molecule has 0 aliphatic carbocycles. The predicted molar refractivity (Wildman–Crippen MR) is 120 cm³/mol. The number of aromatic carboxylic acids is 1. The lowest BCUT2D eigenvalue weighted by molar-refractivity contribution is 0.0696. The van der Waals surface area contributed by atoms with Crippen LogP contribution in [-0.4, -0.2) is 35.6 Å². The van der Waals surface area contributed by atoms with Gasteiger partial charge in [0.15, 0.2) is 16.6 Å². The van der Waals surface area contributed by atoms with E-state index in [1.807, 2.05) is 19.9 Å². The molecule has 0 heterocycles. The third kappa shape index (κ3) is 7.03. The molecule has 2 rings (SSSR count). The number of thiocarbonyl (C=S) groups is 1. The standard InChI is InChI=1S/C20H22BrN3O4S/c1-3-22-20(29)24-23-11-14-9-16(21)18(17(10-14)27-4-2)28-12-13-6-5-7-15(8-13)19(25)26/h5-11H,3-4,12H2,1-2H3,(H,25,26)(H2,22,24,29)/b23-11-. The Hall–Kier alpha value is -2.65. The quantitative estimate of drug-likeness (QED) is 0.285. The lowest BCUT2D eigenvalue weighted by Crippen LogP contribution is -2.31. The van der Waals surface area contributed by atoms with E-state index >= 15 is 0 Å². The Labute approximate surface area is 183 Å². The first-order valence-corrected chi connectivity index (χ1v) is 10.1. The average molecular weight is 480 g/mol. The van der Waals surface area contributed by atoms with E-state index < -0.39 is 5.97 Å². The number of carboxylic acid groups (broad SMARTS) is 1. The number of hydrazone groups is 1. The molecule has 0 aliphatic rings. The largest absolute Gasteiger partial charge is 0.490 e. The molecule has 0 spiro atoms. The van der Waals surface area contributed by atoms with Crippen LogP contribution in [0.5, 0.6) is 11.5 Å². The summed E-state index contributed by atoms with van der Waals surface area (Å²) in [5, 5.41) is 16.6. The van der Waals surface area contributed by atoms with E-state index in [9.17, 15) is 4.79 Å². The Morgan fingerprint density at radius 1 is 1.28 bits per heavy atom. The lowest BCUT2D eigenvalue weighted by Gasteiger charge is -2.15. The van der Waals surface area contributed by atoms with E-state index in [2.05, 4.69) is 31.8 Å². The molecule has 7 nitrogen and oxygen atoms in total. The van der Waals surface area contributed by atoms with Gasteiger partial charge in [0.1, 0.15) is 6.61 Å². The smallest absolute Gasteiger partial charge is 0.335 e. The third-order valence-corrected chi connectivity index (χ3v) is 4.43. The van der Waals surface area contributed by atoms with Crippen molar-refractivity contribution in [1.82, 2.24) is 10.7 Å². The van der Waals surface area contributed by atoms with Crippen molar-refractivity contribution in [2.45, 2.75) is 20.5 Å². The maximum atomic E-state index is 11.1. The van der Waals surface area contributed by atoms with E-state index in [0.717, 1.165) is 11.1 Å². The molecule has 3 N–H and O–H groups in total. The highest BCUT2D eigenvalue weighted by atomic mass is 79.9. The molecule has 0 unspecified atom stereocenters. The highest BCUT2D eigenvalue weighted by Gasteiger charge is 2.13. The number of benzene rings is 2. The van der Waals surface area contributed by atoms with E-state index in [0.29, 0.717) is 34.2 Å².